The molecule has 1 atom stereocenters. The van der Waals surface area contributed by atoms with E-state index in [1.165, 1.54) is 17.7 Å². The zero-order valence-electron chi connectivity index (χ0n) is 30.6. The van der Waals surface area contributed by atoms with Gasteiger partial charge >= 0.3 is 0 Å². The van der Waals surface area contributed by atoms with Crippen molar-refractivity contribution in [2.24, 2.45) is 7.05 Å². The predicted molar refractivity (Wildman–Crippen MR) is 203 cm³/mol. The summed E-state index contributed by atoms with van der Waals surface area (Å²) in [5.41, 5.74) is 7.16. The molecule has 53 heavy (non-hydrogen) atoms. The number of fused-ring (bicyclic) bond motifs is 1. The largest absolute Gasteiger partial charge is 0.508 e. The lowest BCUT2D eigenvalue weighted by atomic mass is 9.92. The highest BCUT2D eigenvalue weighted by Gasteiger charge is 2.34. The molecule has 0 aliphatic carbocycles. The maximum absolute atomic E-state index is 15.2. The lowest BCUT2D eigenvalue weighted by Gasteiger charge is -2.40. The summed E-state index contributed by atoms with van der Waals surface area (Å²) in [5.74, 6) is -0.133. The van der Waals surface area contributed by atoms with Gasteiger partial charge in [0.25, 0.3) is 11.8 Å². The highest BCUT2D eigenvalue weighted by atomic mass is 19.1. The molecule has 7 rings (SSSR count). The first kappa shape index (κ1) is 35.9. The number of carbonyl (C=O) groups excluding carboxylic acids is 2. The molecule has 1 aromatic heterocycles. The van der Waals surface area contributed by atoms with Crippen molar-refractivity contribution in [3.8, 4) is 22.8 Å². The summed E-state index contributed by atoms with van der Waals surface area (Å²) in [6.07, 6.45) is 0.720. The highest BCUT2D eigenvalue weighted by molar-refractivity contribution is 6.08. The van der Waals surface area contributed by atoms with Gasteiger partial charge in [-0.15, -0.1) is 0 Å². The van der Waals surface area contributed by atoms with Crippen LogP contribution in [0.25, 0.3) is 11.3 Å². The Kier molecular flexibility index (Phi) is 10.3. The van der Waals surface area contributed by atoms with Gasteiger partial charge in [0.15, 0.2) is 0 Å². The van der Waals surface area contributed by atoms with E-state index < -0.39 is 5.82 Å². The number of halogens is 1. The van der Waals surface area contributed by atoms with Gasteiger partial charge in [-0.25, -0.2) is 4.39 Å². The standard InChI is InChI=1S/C43H45FN4O5/c1-28-31(10-7-11-41(28)52-4)25-47(34-13-15-36(49)16-14-34)43(51)38-24-40(45(3)29(38)2)39-23-33(44)12-17-37(39)42(50)48-26-32-9-6-5-8-30(32)22-35(48)27-46-18-20-53-21-19-46/h5-17,23-24,35,49H,18-22,25-27H2,1-4H3/t35-/m0/s1. The molecule has 0 saturated carbocycles. The Morgan fingerprint density at radius 1 is 0.925 bits per heavy atom. The van der Waals surface area contributed by atoms with Crippen molar-refractivity contribution in [2.75, 3.05) is 44.9 Å². The normalized spacial score (nSPS) is 15.9. The van der Waals surface area contributed by atoms with Crippen LogP contribution in [-0.4, -0.2) is 77.3 Å². The number of phenols is 1. The lowest BCUT2D eigenvalue weighted by Crippen LogP contribution is -2.52. The number of anilines is 1. The number of phenolic OH excluding ortho intramolecular Hbond substituents is 1. The summed E-state index contributed by atoms with van der Waals surface area (Å²) in [7, 11) is 3.44. The molecule has 2 amide bonds. The molecule has 0 radical (unpaired) electrons. The van der Waals surface area contributed by atoms with Crippen LogP contribution in [0.4, 0.5) is 10.1 Å². The van der Waals surface area contributed by atoms with Gasteiger partial charge in [0, 0.05) is 67.5 Å². The smallest absolute Gasteiger partial charge is 0.260 e. The summed E-state index contributed by atoms with van der Waals surface area (Å²) in [6.45, 7) is 8.13. The molecule has 1 saturated heterocycles. The predicted octanol–water partition coefficient (Wildman–Crippen LogP) is 6.91. The van der Waals surface area contributed by atoms with Crippen molar-refractivity contribution >= 4 is 17.5 Å². The van der Waals surface area contributed by atoms with Gasteiger partial charge in [-0.1, -0.05) is 36.4 Å². The molecule has 2 aliphatic heterocycles. The molecule has 1 N–H and O–H groups in total. The third-order valence-electron chi connectivity index (χ3n) is 10.8. The van der Waals surface area contributed by atoms with Crippen LogP contribution in [0, 0.1) is 19.7 Å². The number of nitrogens with zero attached hydrogens (tertiary/aromatic N) is 4. The van der Waals surface area contributed by atoms with Crippen molar-refractivity contribution in [1.82, 2.24) is 14.4 Å². The Bertz CT molecular complexity index is 2140. The maximum atomic E-state index is 15.2. The topological polar surface area (TPSA) is 87.5 Å². The van der Waals surface area contributed by atoms with Crippen LogP contribution in [0.2, 0.25) is 0 Å². The number of morpholine rings is 1. The van der Waals surface area contributed by atoms with Gasteiger partial charge < -0.3 is 28.9 Å². The number of rotatable bonds is 9. The first-order valence-corrected chi connectivity index (χ1v) is 18.0. The Hall–Kier alpha value is -5.45. The van der Waals surface area contributed by atoms with Gasteiger partial charge in [0.1, 0.15) is 17.3 Å². The fourth-order valence-corrected chi connectivity index (χ4v) is 7.59. The molecule has 9 nitrogen and oxygen atoms in total. The maximum Gasteiger partial charge on any atom is 0.260 e. The number of ether oxygens (including phenoxy) is 2. The second-order valence-corrected chi connectivity index (χ2v) is 13.9. The van der Waals surface area contributed by atoms with E-state index in [9.17, 15) is 14.7 Å². The van der Waals surface area contributed by atoms with E-state index in [1.54, 1.807) is 48.4 Å². The summed E-state index contributed by atoms with van der Waals surface area (Å²) in [4.78, 5) is 35.3. The molecule has 4 aromatic carbocycles. The van der Waals surface area contributed by atoms with Crippen LogP contribution in [0.5, 0.6) is 11.5 Å². The quantitative estimate of drug-likeness (QED) is 0.179. The molecule has 0 spiro atoms. The van der Waals surface area contributed by atoms with E-state index in [0.717, 1.165) is 36.2 Å². The summed E-state index contributed by atoms with van der Waals surface area (Å²) in [5, 5.41) is 10.0. The third kappa shape index (κ3) is 7.29. The molecule has 5 aromatic rings. The van der Waals surface area contributed by atoms with Crippen molar-refractivity contribution in [2.45, 2.75) is 39.4 Å². The Morgan fingerprint density at radius 2 is 1.66 bits per heavy atom. The minimum atomic E-state index is -0.476. The molecule has 1 fully saturated rings. The van der Waals surface area contributed by atoms with Crippen LogP contribution in [0.3, 0.4) is 0 Å². The fraction of sp³-hybridized carbons (Fsp3) is 0.302. The van der Waals surface area contributed by atoms with E-state index >= 15 is 4.39 Å². The number of hydrogen-bond donors (Lipinski definition) is 1. The van der Waals surface area contributed by atoms with Crippen molar-refractivity contribution in [3.63, 3.8) is 0 Å². The van der Waals surface area contributed by atoms with E-state index in [2.05, 4.69) is 17.0 Å². The number of carbonyl (C=O) groups is 2. The molecular weight excluding hydrogens is 671 g/mol. The number of benzene rings is 4. The molecule has 0 bridgehead atoms. The van der Waals surface area contributed by atoms with Gasteiger partial charge in [-0.2, -0.15) is 0 Å². The van der Waals surface area contributed by atoms with Crippen molar-refractivity contribution in [3.05, 3.63) is 136 Å². The molecule has 0 unspecified atom stereocenters. The molecule has 2 aliphatic rings. The van der Waals surface area contributed by atoms with E-state index in [0.29, 0.717) is 65.8 Å². The lowest BCUT2D eigenvalue weighted by molar-refractivity contribution is 0.0193. The van der Waals surface area contributed by atoms with Gasteiger partial charge in [0.2, 0.25) is 0 Å². The van der Waals surface area contributed by atoms with Crippen LogP contribution >= 0.6 is 0 Å². The monoisotopic (exact) mass is 716 g/mol. The number of aromatic nitrogens is 1. The highest BCUT2D eigenvalue weighted by Crippen LogP contribution is 2.34. The fourth-order valence-electron chi connectivity index (χ4n) is 7.59. The van der Waals surface area contributed by atoms with Crippen LogP contribution in [-0.2, 0) is 31.3 Å². The summed E-state index contributed by atoms with van der Waals surface area (Å²) in [6, 6.07) is 26.4. The first-order valence-electron chi connectivity index (χ1n) is 18.0. The zero-order valence-corrected chi connectivity index (χ0v) is 30.6. The number of amides is 2. The SMILES string of the molecule is COc1cccc(CN(C(=O)c2cc(-c3cc(F)ccc3C(=O)N3Cc4ccccc4C[C@H]3CN3CCOCC3)n(C)c2C)c2ccc(O)cc2)c1C. The van der Waals surface area contributed by atoms with E-state index in [-0.39, 0.29) is 30.2 Å². The second-order valence-electron chi connectivity index (χ2n) is 13.9. The summed E-state index contributed by atoms with van der Waals surface area (Å²) < 4.78 is 28.2. The van der Waals surface area contributed by atoms with Gasteiger partial charge in [-0.3, -0.25) is 14.5 Å². The van der Waals surface area contributed by atoms with Crippen LogP contribution in [0.15, 0.2) is 91.0 Å². The van der Waals surface area contributed by atoms with Gasteiger partial charge in [-0.05, 0) is 97.1 Å². The summed E-state index contributed by atoms with van der Waals surface area (Å²) >= 11 is 0. The first-order chi connectivity index (χ1) is 25.6. The third-order valence-corrected chi connectivity index (χ3v) is 10.8. The average molecular weight is 717 g/mol. The Labute approximate surface area is 309 Å². The number of hydrogen-bond acceptors (Lipinski definition) is 6. The molecule has 3 heterocycles. The average Bonchev–Trinajstić information content (AvgIpc) is 3.47. The number of methoxy groups -OCH3 is 1. The minimum absolute atomic E-state index is 0.0837. The molecule has 10 heteroatoms. The Morgan fingerprint density at radius 3 is 2.40 bits per heavy atom. The van der Waals surface area contributed by atoms with Crippen LogP contribution in [0.1, 0.15) is 48.7 Å². The zero-order chi connectivity index (χ0) is 37.2. The second kappa shape index (κ2) is 15.3. The van der Waals surface area contributed by atoms with E-state index in [1.807, 2.05) is 60.7 Å². The Balaban J connectivity index is 1.26. The van der Waals surface area contributed by atoms with Crippen molar-refractivity contribution < 1.29 is 28.6 Å². The molecular formula is C43H45FN4O5. The minimum Gasteiger partial charge on any atom is -0.508 e. The molecule has 274 valence electrons. The van der Waals surface area contributed by atoms with E-state index in [4.69, 9.17) is 9.47 Å². The van der Waals surface area contributed by atoms with Crippen molar-refractivity contribution in [1.29, 1.82) is 0 Å². The van der Waals surface area contributed by atoms with Crippen LogP contribution < -0.4 is 9.64 Å². The van der Waals surface area contributed by atoms with Gasteiger partial charge in [0.05, 0.1) is 32.4 Å². The number of aromatic hydroxyl groups is 1.